The molecule has 8 nitrogen and oxygen atoms in total. The van der Waals surface area contributed by atoms with Gasteiger partial charge in [-0.3, -0.25) is 14.1 Å². The summed E-state index contributed by atoms with van der Waals surface area (Å²) in [7, 11) is 1.44. The van der Waals surface area contributed by atoms with Gasteiger partial charge in [-0.1, -0.05) is 12.1 Å². The maximum Gasteiger partial charge on any atom is 0.416 e. The zero-order valence-corrected chi connectivity index (χ0v) is 21.0. The third-order valence-electron chi connectivity index (χ3n) is 6.93. The van der Waals surface area contributed by atoms with Crippen molar-refractivity contribution in [2.45, 2.75) is 37.2 Å². The van der Waals surface area contributed by atoms with Crippen molar-refractivity contribution in [2.75, 3.05) is 24.6 Å². The number of pyridine rings is 1. The van der Waals surface area contributed by atoms with E-state index in [1.807, 2.05) is 0 Å². The molecule has 1 aromatic carbocycles. The van der Waals surface area contributed by atoms with Crippen LogP contribution in [0.5, 0.6) is 0 Å². The van der Waals surface area contributed by atoms with E-state index < -0.39 is 29.9 Å². The van der Waals surface area contributed by atoms with Gasteiger partial charge in [-0.2, -0.15) is 26.3 Å². The number of aromatic nitrogens is 4. The minimum Gasteiger partial charge on any atom is -0.382 e. The number of anilines is 2. The Bertz CT molecular complexity index is 1550. The van der Waals surface area contributed by atoms with E-state index in [2.05, 4.69) is 15.3 Å². The van der Waals surface area contributed by atoms with Crippen molar-refractivity contribution in [3.63, 3.8) is 0 Å². The molecule has 0 unspecified atom stereocenters. The summed E-state index contributed by atoms with van der Waals surface area (Å²) < 4.78 is 80.7. The minimum absolute atomic E-state index is 0.0694. The van der Waals surface area contributed by atoms with Crippen LogP contribution in [0.15, 0.2) is 55.0 Å². The van der Waals surface area contributed by atoms with Crippen LogP contribution in [0.2, 0.25) is 0 Å². The van der Waals surface area contributed by atoms with Crippen molar-refractivity contribution in [1.29, 1.82) is 0 Å². The van der Waals surface area contributed by atoms with Gasteiger partial charge in [0.15, 0.2) is 0 Å². The van der Waals surface area contributed by atoms with Crippen LogP contribution in [-0.2, 0) is 6.18 Å². The first-order valence-corrected chi connectivity index (χ1v) is 12.2. The fourth-order valence-corrected chi connectivity index (χ4v) is 4.99. The van der Waals surface area contributed by atoms with Crippen LogP contribution in [0.1, 0.15) is 40.5 Å². The van der Waals surface area contributed by atoms with Crippen LogP contribution < -0.4 is 11.1 Å². The lowest BCUT2D eigenvalue weighted by molar-refractivity contribution is -0.188. The van der Waals surface area contributed by atoms with Gasteiger partial charge in [0.1, 0.15) is 34.7 Å². The SMILES string of the molecule is CN1C[C@@H](c2nc(-c3ccc(C(=O)Nc4cc(C(F)(F)F)ccn4)cc3)c3c(N)nccn23)CC[C@@H]1C(F)(F)F. The van der Waals surface area contributed by atoms with Gasteiger partial charge in [-0.15, -0.1) is 0 Å². The summed E-state index contributed by atoms with van der Waals surface area (Å²) >= 11 is 0. The van der Waals surface area contributed by atoms with Crippen LogP contribution in [-0.4, -0.2) is 56.0 Å². The summed E-state index contributed by atoms with van der Waals surface area (Å²) in [5.74, 6) is -0.496. The molecule has 4 heterocycles. The van der Waals surface area contributed by atoms with Gasteiger partial charge in [0.05, 0.1) is 5.56 Å². The molecule has 0 spiro atoms. The number of amides is 1. The number of likely N-dealkylation sites (N-methyl/N-ethyl adjacent to an activating group) is 1. The summed E-state index contributed by atoms with van der Waals surface area (Å²) in [6, 6.07) is 6.15. The number of alkyl halides is 6. The molecule has 0 bridgehead atoms. The smallest absolute Gasteiger partial charge is 0.382 e. The molecule has 1 aliphatic heterocycles. The largest absolute Gasteiger partial charge is 0.416 e. The van der Waals surface area contributed by atoms with Gasteiger partial charge in [0, 0.05) is 42.2 Å². The van der Waals surface area contributed by atoms with Crippen molar-refractivity contribution < 1.29 is 31.1 Å². The van der Waals surface area contributed by atoms with Crippen LogP contribution in [0.3, 0.4) is 0 Å². The highest BCUT2D eigenvalue weighted by molar-refractivity contribution is 6.04. The van der Waals surface area contributed by atoms with Gasteiger partial charge in [-0.05, 0) is 44.2 Å². The van der Waals surface area contributed by atoms with Gasteiger partial charge in [0.2, 0.25) is 0 Å². The van der Waals surface area contributed by atoms with E-state index in [0.717, 1.165) is 18.3 Å². The Kier molecular flexibility index (Phi) is 6.90. The van der Waals surface area contributed by atoms with E-state index in [-0.39, 0.29) is 42.5 Å². The van der Waals surface area contributed by atoms with Gasteiger partial charge in [-0.25, -0.2) is 15.0 Å². The first kappa shape index (κ1) is 27.4. The summed E-state index contributed by atoms with van der Waals surface area (Å²) in [4.78, 5) is 26.6. The van der Waals surface area contributed by atoms with Gasteiger partial charge >= 0.3 is 12.4 Å². The summed E-state index contributed by atoms with van der Waals surface area (Å²) in [5.41, 5.74) is 6.86. The van der Waals surface area contributed by atoms with Crippen molar-refractivity contribution >= 4 is 23.1 Å². The Morgan fingerprint density at radius 1 is 1.02 bits per heavy atom. The van der Waals surface area contributed by atoms with Crippen LogP contribution in [0.4, 0.5) is 38.0 Å². The van der Waals surface area contributed by atoms with E-state index in [0.29, 0.717) is 22.6 Å². The number of hydrogen-bond acceptors (Lipinski definition) is 6. The average Bonchev–Trinajstić information content (AvgIpc) is 3.29. The number of halogens is 6. The molecule has 1 saturated heterocycles. The molecule has 14 heteroatoms. The number of fused-ring (bicyclic) bond motifs is 1. The first-order valence-electron chi connectivity index (χ1n) is 12.2. The number of carbonyl (C=O) groups excluding carboxylic acids is 1. The van der Waals surface area contributed by atoms with Gasteiger partial charge < -0.3 is 11.1 Å². The van der Waals surface area contributed by atoms with E-state index in [1.54, 1.807) is 22.7 Å². The number of carbonyl (C=O) groups is 1. The Morgan fingerprint density at radius 2 is 1.75 bits per heavy atom. The van der Waals surface area contributed by atoms with Crippen molar-refractivity contribution in [1.82, 2.24) is 24.3 Å². The molecule has 0 radical (unpaired) electrons. The molecule has 1 amide bonds. The van der Waals surface area contributed by atoms with E-state index in [1.165, 1.54) is 30.3 Å². The van der Waals surface area contributed by atoms with Crippen molar-refractivity contribution in [3.8, 4) is 11.3 Å². The molecule has 4 aromatic rings. The fourth-order valence-electron chi connectivity index (χ4n) is 4.99. The second kappa shape index (κ2) is 10.1. The number of piperidine rings is 1. The third kappa shape index (κ3) is 5.30. The second-order valence-electron chi connectivity index (χ2n) is 9.58. The Hall–Kier alpha value is -4.20. The molecule has 0 aliphatic carbocycles. The Balaban J connectivity index is 1.41. The van der Waals surface area contributed by atoms with Crippen LogP contribution in [0.25, 0.3) is 16.8 Å². The van der Waals surface area contributed by atoms with E-state index in [4.69, 9.17) is 10.7 Å². The fraction of sp³-hybridized carbons (Fsp3) is 0.308. The number of rotatable bonds is 4. The zero-order chi connectivity index (χ0) is 28.8. The highest BCUT2D eigenvalue weighted by atomic mass is 19.4. The standard InChI is InChI=1S/C26H23F6N7O/c1-38-13-16(6-7-18(38)26(30,31)32)23-37-20(21-22(33)35-10-11-39(21)23)14-2-4-15(5-3-14)24(40)36-19-12-17(8-9-34-19)25(27,28)29/h2-5,8-12,16,18H,6-7,13H2,1H3,(H2,33,35)(H,34,36,40)/t16-,18+/m0/s1. The van der Waals surface area contributed by atoms with Crippen molar-refractivity contribution in [3.05, 3.63) is 71.9 Å². The summed E-state index contributed by atoms with van der Waals surface area (Å²) in [6.07, 6.45) is -4.61. The molecular formula is C26H23F6N7O. The molecular weight excluding hydrogens is 540 g/mol. The highest BCUT2D eigenvalue weighted by Crippen LogP contribution is 2.38. The molecule has 3 N–H and O–H groups in total. The zero-order valence-electron chi connectivity index (χ0n) is 21.0. The quantitative estimate of drug-likeness (QED) is 0.323. The average molecular weight is 564 g/mol. The molecule has 2 atom stereocenters. The summed E-state index contributed by atoms with van der Waals surface area (Å²) in [5, 5.41) is 2.35. The molecule has 1 fully saturated rings. The normalized spacial score (nSPS) is 18.7. The predicted octanol–water partition coefficient (Wildman–Crippen LogP) is 5.38. The van der Waals surface area contributed by atoms with E-state index >= 15 is 0 Å². The molecule has 40 heavy (non-hydrogen) atoms. The highest BCUT2D eigenvalue weighted by Gasteiger charge is 2.45. The monoisotopic (exact) mass is 563 g/mol. The number of nitrogens with one attached hydrogen (secondary N) is 1. The van der Waals surface area contributed by atoms with Crippen molar-refractivity contribution in [2.24, 2.45) is 0 Å². The summed E-state index contributed by atoms with van der Waals surface area (Å²) in [6.45, 7) is 0.146. The lowest BCUT2D eigenvalue weighted by Crippen LogP contribution is -2.48. The Morgan fingerprint density at radius 3 is 2.40 bits per heavy atom. The molecule has 3 aromatic heterocycles. The van der Waals surface area contributed by atoms with Crippen LogP contribution in [0, 0.1) is 0 Å². The number of nitrogen functional groups attached to an aromatic ring is 1. The minimum atomic E-state index is -4.58. The number of imidazole rings is 1. The predicted molar refractivity (Wildman–Crippen MR) is 134 cm³/mol. The third-order valence-corrected chi connectivity index (χ3v) is 6.93. The lowest BCUT2D eigenvalue weighted by atomic mass is 9.92. The van der Waals surface area contributed by atoms with E-state index in [9.17, 15) is 31.1 Å². The first-order chi connectivity index (χ1) is 18.8. The van der Waals surface area contributed by atoms with Gasteiger partial charge in [0.25, 0.3) is 5.91 Å². The topological polar surface area (TPSA) is 101 Å². The van der Waals surface area contributed by atoms with Crippen LogP contribution >= 0.6 is 0 Å². The number of nitrogens with two attached hydrogens (primary N) is 1. The number of hydrogen-bond donors (Lipinski definition) is 2. The maximum atomic E-state index is 13.4. The molecule has 0 saturated carbocycles. The molecule has 5 rings (SSSR count). The maximum absolute atomic E-state index is 13.4. The number of likely N-dealkylation sites (tertiary alicyclic amines) is 1. The lowest BCUT2D eigenvalue weighted by Gasteiger charge is -2.37. The Labute approximate surface area is 223 Å². The molecule has 210 valence electrons. The number of benzene rings is 1. The molecule has 1 aliphatic rings. The number of nitrogens with zero attached hydrogens (tertiary/aromatic N) is 5. The second-order valence-corrected chi connectivity index (χ2v) is 9.58.